The molecule has 1 spiro atoms. The summed E-state index contributed by atoms with van der Waals surface area (Å²) in [6.45, 7) is 7.39. The minimum absolute atomic E-state index is 0.184. The fourth-order valence-corrected chi connectivity index (χ4v) is 5.10. The molecule has 6 rings (SSSR count). The predicted octanol–water partition coefficient (Wildman–Crippen LogP) is 4.26. The molecule has 2 amide bonds. The number of ether oxygens (including phenoxy) is 1. The van der Waals surface area contributed by atoms with Crippen molar-refractivity contribution in [3.8, 4) is 0 Å². The van der Waals surface area contributed by atoms with Crippen LogP contribution in [0.4, 0.5) is 20.6 Å². The summed E-state index contributed by atoms with van der Waals surface area (Å²) in [5.74, 6) is -0.957. The van der Waals surface area contributed by atoms with Crippen molar-refractivity contribution in [2.75, 3.05) is 29.9 Å². The summed E-state index contributed by atoms with van der Waals surface area (Å²) in [6.07, 6.45) is 9.38. The maximum atomic E-state index is 14.4. The van der Waals surface area contributed by atoms with Crippen LogP contribution in [-0.2, 0) is 4.74 Å². The first-order chi connectivity index (χ1) is 18.1. The number of fused-ring (bicyclic) bond motifs is 2. The monoisotopic (exact) mass is 517 g/mol. The highest BCUT2D eigenvalue weighted by Gasteiger charge is 2.54. The number of rotatable bonds is 3. The van der Waals surface area contributed by atoms with Crippen molar-refractivity contribution in [2.45, 2.75) is 44.8 Å². The molecule has 1 saturated carbocycles. The number of benzene rings is 1. The zero-order valence-electron chi connectivity index (χ0n) is 21.4. The van der Waals surface area contributed by atoms with E-state index in [4.69, 9.17) is 4.74 Å². The van der Waals surface area contributed by atoms with Crippen molar-refractivity contribution in [2.24, 2.45) is 0 Å². The maximum Gasteiger partial charge on any atom is 0.410 e. The highest BCUT2D eigenvalue weighted by atomic mass is 19.1. The van der Waals surface area contributed by atoms with Crippen molar-refractivity contribution in [3.63, 3.8) is 0 Å². The van der Waals surface area contributed by atoms with E-state index in [2.05, 4.69) is 25.2 Å². The molecule has 0 bridgehead atoms. The van der Waals surface area contributed by atoms with Gasteiger partial charge in [0.1, 0.15) is 16.6 Å². The van der Waals surface area contributed by atoms with Gasteiger partial charge in [0, 0.05) is 56.7 Å². The second-order valence-electron chi connectivity index (χ2n) is 10.9. The summed E-state index contributed by atoms with van der Waals surface area (Å²) in [6, 6.07) is 4.82. The molecular weight excluding hydrogens is 489 g/mol. The van der Waals surface area contributed by atoms with Crippen LogP contribution in [0.1, 0.15) is 44.0 Å². The van der Waals surface area contributed by atoms with Gasteiger partial charge < -0.3 is 19.4 Å². The molecule has 11 heteroatoms. The van der Waals surface area contributed by atoms with Crippen LogP contribution in [0.2, 0.25) is 0 Å². The number of nitrogens with zero attached hydrogens (tertiary/aromatic N) is 6. The Bertz CT molecular complexity index is 1570. The highest BCUT2D eigenvalue weighted by molar-refractivity contribution is 6.13. The van der Waals surface area contributed by atoms with Gasteiger partial charge in [-0.15, -0.1) is 0 Å². The normalized spacial score (nSPS) is 16.7. The predicted molar refractivity (Wildman–Crippen MR) is 140 cm³/mol. The lowest BCUT2D eigenvalue weighted by Gasteiger charge is -2.43. The average molecular weight is 518 g/mol. The second-order valence-corrected chi connectivity index (χ2v) is 10.9. The van der Waals surface area contributed by atoms with E-state index >= 15 is 0 Å². The van der Waals surface area contributed by atoms with Gasteiger partial charge >= 0.3 is 6.09 Å². The Morgan fingerprint density at radius 2 is 1.82 bits per heavy atom. The SMILES string of the molecule is CC(C)(C)OC(=O)N1CCN(c2ccc(C(=O)Nc3cc(F)c4nccn4c3)c3nccnc23)CC12CC2. The molecule has 1 aliphatic carbocycles. The number of halogens is 1. The van der Waals surface area contributed by atoms with Gasteiger partial charge in [0.05, 0.1) is 22.5 Å². The summed E-state index contributed by atoms with van der Waals surface area (Å²) in [7, 11) is 0. The molecule has 3 aromatic heterocycles. The van der Waals surface area contributed by atoms with Gasteiger partial charge in [0.15, 0.2) is 11.5 Å². The number of anilines is 2. The van der Waals surface area contributed by atoms with Gasteiger partial charge in [-0.25, -0.2) is 14.2 Å². The van der Waals surface area contributed by atoms with E-state index in [9.17, 15) is 14.0 Å². The number of carbonyl (C=O) groups is 2. The molecule has 1 saturated heterocycles. The molecule has 38 heavy (non-hydrogen) atoms. The first-order valence-corrected chi connectivity index (χ1v) is 12.6. The molecule has 1 aromatic carbocycles. The Labute approximate surface area is 218 Å². The Morgan fingerprint density at radius 3 is 2.55 bits per heavy atom. The summed E-state index contributed by atoms with van der Waals surface area (Å²) >= 11 is 0. The van der Waals surface area contributed by atoms with Crippen LogP contribution in [0, 0.1) is 5.82 Å². The lowest BCUT2D eigenvalue weighted by Crippen LogP contribution is -2.58. The topological polar surface area (TPSA) is 105 Å². The number of amides is 2. The van der Waals surface area contributed by atoms with Crippen LogP contribution < -0.4 is 10.2 Å². The summed E-state index contributed by atoms with van der Waals surface area (Å²) in [5.41, 5.74) is 1.90. The Hall–Kier alpha value is -4.28. The first kappa shape index (κ1) is 24.1. The van der Waals surface area contributed by atoms with Crippen LogP contribution >= 0.6 is 0 Å². The quantitative estimate of drug-likeness (QED) is 0.433. The Morgan fingerprint density at radius 1 is 1.05 bits per heavy atom. The maximum absolute atomic E-state index is 14.4. The third-order valence-electron chi connectivity index (χ3n) is 6.98. The molecule has 1 N–H and O–H groups in total. The van der Waals surface area contributed by atoms with Crippen molar-refractivity contribution in [1.29, 1.82) is 0 Å². The third kappa shape index (κ3) is 4.27. The van der Waals surface area contributed by atoms with E-state index in [1.165, 1.54) is 16.7 Å². The lowest BCUT2D eigenvalue weighted by molar-refractivity contribution is 0.0106. The minimum Gasteiger partial charge on any atom is -0.444 e. The number of pyridine rings is 1. The molecule has 10 nitrogen and oxygen atoms in total. The number of nitrogens with one attached hydrogen (secondary N) is 1. The molecule has 0 atom stereocenters. The van der Waals surface area contributed by atoms with Crippen molar-refractivity contribution < 1.29 is 18.7 Å². The van der Waals surface area contributed by atoms with E-state index < -0.39 is 17.3 Å². The van der Waals surface area contributed by atoms with E-state index in [-0.39, 0.29) is 17.3 Å². The molecule has 4 aromatic rings. The van der Waals surface area contributed by atoms with Crippen molar-refractivity contribution in [3.05, 3.63) is 60.6 Å². The molecule has 0 radical (unpaired) electrons. The lowest BCUT2D eigenvalue weighted by atomic mass is 10.1. The Kier molecular flexibility index (Phi) is 5.48. The second kappa shape index (κ2) is 8.64. The number of imidazole rings is 1. The van der Waals surface area contributed by atoms with Crippen LogP contribution in [0.3, 0.4) is 0 Å². The van der Waals surface area contributed by atoms with Gasteiger partial charge in [-0.2, -0.15) is 0 Å². The molecular formula is C27H28FN7O3. The summed E-state index contributed by atoms with van der Waals surface area (Å²) in [5, 5.41) is 2.77. The van der Waals surface area contributed by atoms with Crippen LogP contribution in [-0.4, -0.2) is 67.0 Å². The molecule has 1 aliphatic heterocycles. The molecule has 2 fully saturated rings. The number of hydrogen-bond acceptors (Lipinski definition) is 7. The van der Waals surface area contributed by atoms with E-state index in [1.54, 1.807) is 30.9 Å². The van der Waals surface area contributed by atoms with Gasteiger partial charge in [0.2, 0.25) is 0 Å². The summed E-state index contributed by atoms with van der Waals surface area (Å²) < 4.78 is 21.5. The van der Waals surface area contributed by atoms with Gasteiger partial charge in [0.25, 0.3) is 5.91 Å². The standard InChI is InChI=1S/C27H28FN7O3/c1-26(2,3)38-25(37)35-13-12-34(16-27(35)6-7-27)20-5-4-18(21-22(20)30-9-8-29-21)24(36)32-17-14-19(28)23-31-10-11-33(23)15-17/h4-5,8-11,14-15H,6-7,12-13,16H2,1-3H3,(H,32,36). The fourth-order valence-electron chi connectivity index (χ4n) is 5.10. The molecule has 0 unspecified atom stereocenters. The van der Waals surface area contributed by atoms with Gasteiger partial charge in [-0.05, 0) is 45.7 Å². The molecule has 2 aliphatic rings. The minimum atomic E-state index is -0.553. The third-order valence-corrected chi connectivity index (χ3v) is 6.98. The van der Waals surface area contributed by atoms with E-state index in [0.29, 0.717) is 41.9 Å². The number of hydrogen-bond donors (Lipinski definition) is 1. The summed E-state index contributed by atoms with van der Waals surface area (Å²) in [4.78, 5) is 43.2. The average Bonchev–Trinajstić information content (AvgIpc) is 3.44. The van der Waals surface area contributed by atoms with E-state index in [0.717, 1.165) is 18.5 Å². The van der Waals surface area contributed by atoms with Gasteiger partial charge in [-0.3, -0.25) is 19.7 Å². The smallest absolute Gasteiger partial charge is 0.410 e. The number of piperazine rings is 1. The largest absolute Gasteiger partial charge is 0.444 e. The first-order valence-electron chi connectivity index (χ1n) is 12.6. The van der Waals surface area contributed by atoms with E-state index in [1.807, 2.05) is 31.7 Å². The molecule has 196 valence electrons. The number of carbonyl (C=O) groups excluding carboxylic acids is 2. The van der Waals surface area contributed by atoms with Crippen LogP contribution in [0.15, 0.2) is 49.2 Å². The highest BCUT2D eigenvalue weighted by Crippen LogP contribution is 2.46. The van der Waals surface area contributed by atoms with Crippen LogP contribution in [0.5, 0.6) is 0 Å². The molecule has 4 heterocycles. The van der Waals surface area contributed by atoms with Crippen molar-refractivity contribution >= 4 is 40.1 Å². The zero-order valence-corrected chi connectivity index (χ0v) is 21.4. The fraction of sp³-hybridized carbons (Fsp3) is 0.370. The van der Waals surface area contributed by atoms with Gasteiger partial charge in [-0.1, -0.05) is 0 Å². The Balaban J connectivity index is 1.27. The number of aromatic nitrogens is 4. The zero-order chi connectivity index (χ0) is 26.7. The van der Waals surface area contributed by atoms with Crippen LogP contribution in [0.25, 0.3) is 16.7 Å². The van der Waals surface area contributed by atoms with Crippen molar-refractivity contribution in [1.82, 2.24) is 24.3 Å².